The molecule has 1 saturated heterocycles. The van der Waals surface area contributed by atoms with Crippen LogP contribution in [-0.2, 0) is 0 Å². The number of halogens is 3. The van der Waals surface area contributed by atoms with Crippen molar-refractivity contribution in [3.8, 4) is 0 Å². The second kappa shape index (κ2) is 5.14. The monoisotopic (exact) mass is 253 g/mol. The Morgan fingerprint density at radius 1 is 1.35 bits per heavy atom. The number of hydrogen-bond donors (Lipinski definition) is 1. The predicted molar refractivity (Wildman–Crippen MR) is 60.7 cm³/mol. The maximum Gasteiger partial charge on any atom is 0.393 e. The summed E-state index contributed by atoms with van der Waals surface area (Å²) < 4.78 is 37.9. The zero-order valence-corrected chi connectivity index (χ0v) is 10.7. The number of β-amino-alcohol motifs (C(OH)–C–C–N with tert-alkyl or cyclic N) is 1. The van der Waals surface area contributed by atoms with E-state index in [1.54, 1.807) is 11.8 Å². The predicted octanol–water partition coefficient (Wildman–Crippen LogP) is 2.67. The SMILES string of the molecule is CC(C)C(C)(O)CN1CCCC(C(F)(F)F)C1. The highest BCUT2D eigenvalue weighted by Gasteiger charge is 2.42. The standard InChI is InChI=1S/C12H22F3NO/c1-9(2)11(3,17)8-16-6-4-5-10(7-16)12(13,14)15/h9-10,17H,4-8H2,1-3H3. The molecule has 1 rings (SSSR count). The summed E-state index contributed by atoms with van der Waals surface area (Å²) in [5.74, 6) is -1.20. The molecule has 1 heterocycles. The molecule has 0 aromatic rings. The van der Waals surface area contributed by atoms with Gasteiger partial charge in [-0.05, 0) is 32.2 Å². The van der Waals surface area contributed by atoms with E-state index < -0.39 is 17.7 Å². The molecule has 0 amide bonds. The molecule has 2 atom stereocenters. The van der Waals surface area contributed by atoms with E-state index in [-0.39, 0.29) is 18.9 Å². The van der Waals surface area contributed by atoms with E-state index in [0.29, 0.717) is 19.5 Å². The normalized spacial score (nSPS) is 27.2. The van der Waals surface area contributed by atoms with Crippen molar-refractivity contribution < 1.29 is 18.3 Å². The summed E-state index contributed by atoms with van der Waals surface area (Å²) in [6.07, 6.45) is -3.34. The van der Waals surface area contributed by atoms with Gasteiger partial charge in [0.1, 0.15) is 0 Å². The van der Waals surface area contributed by atoms with E-state index in [1.807, 2.05) is 13.8 Å². The summed E-state index contributed by atoms with van der Waals surface area (Å²) >= 11 is 0. The first-order valence-electron chi connectivity index (χ1n) is 6.14. The van der Waals surface area contributed by atoms with Crippen molar-refractivity contribution in [2.45, 2.75) is 45.4 Å². The Kier molecular flexibility index (Phi) is 4.47. The van der Waals surface area contributed by atoms with Gasteiger partial charge in [0.15, 0.2) is 0 Å². The summed E-state index contributed by atoms with van der Waals surface area (Å²) in [4.78, 5) is 1.74. The number of rotatable bonds is 3. The third-order valence-corrected chi connectivity index (χ3v) is 3.76. The Morgan fingerprint density at radius 2 is 1.94 bits per heavy atom. The molecule has 0 aromatic carbocycles. The fourth-order valence-electron chi connectivity index (χ4n) is 2.10. The molecule has 0 aliphatic carbocycles. The maximum absolute atomic E-state index is 12.6. The van der Waals surface area contributed by atoms with E-state index in [4.69, 9.17) is 0 Å². The van der Waals surface area contributed by atoms with E-state index in [9.17, 15) is 18.3 Å². The van der Waals surface area contributed by atoms with Crippen LogP contribution in [0.2, 0.25) is 0 Å². The van der Waals surface area contributed by atoms with Crippen LogP contribution in [0.15, 0.2) is 0 Å². The number of aliphatic hydroxyl groups is 1. The lowest BCUT2D eigenvalue weighted by Crippen LogP contribution is -2.50. The van der Waals surface area contributed by atoms with Crippen molar-refractivity contribution in [2.24, 2.45) is 11.8 Å². The molecule has 2 nitrogen and oxygen atoms in total. The fraction of sp³-hybridized carbons (Fsp3) is 1.00. The van der Waals surface area contributed by atoms with Gasteiger partial charge in [0.05, 0.1) is 11.5 Å². The second-order valence-corrected chi connectivity index (χ2v) is 5.63. The fourth-order valence-corrected chi connectivity index (χ4v) is 2.10. The van der Waals surface area contributed by atoms with E-state index in [1.165, 1.54) is 0 Å². The quantitative estimate of drug-likeness (QED) is 0.836. The Morgan fingerprint density at radius 3 is 2.41 bits per heavy atom. The number of likely N-dealkylation sites (tertiary alicyclic amines) is 1. The summed E-state index contributed by atoms with van der Waals surface area (Å²) in [5, 5.41) is 10.1. The third-order valence-electron chi connectivity index (χ3n) is 3.76. The van der Waals surface area contributed by atoms with Crippen LogP contribution >= 0.6 is 0 Å². The van der Waals surface area contributed by atoms with Crippen molar-refractivity contribution in [3.05, 3.63) is 0 Å². The topological polar surface area (TPSA) is 23.5 Å². The van der Waals surface area contributed by atoms with Crippen LogP contribution in [0.3, 0.4) is 0 Å². The van der Waals surface area contributed by atoms with Gasteiger partial charge < -0.3 is 5.11 Å². The lowest BCUT2D eigenvalue weighted by Gasteiger charge is -2.39. The van der Waals surface area contributed by atoms with Gasteiger partial charge >= 0.3 is 6.18 Å². The van der Waals surface area contributed by atoms with Gasteiger partial charge in [-0.25, -0.2) is 0 Å². The van der Waals surface area contributed by atoms with E-state index in [2.05, 4.69) is 0 Å². The molecule has 1 aliphatic heterocycles. The van der Waals surface area contributed by atoms with Gasteiger partial charge in [0.2, 0.25) is 0 Å². The zero-order chi connectivity index (χ0) is 13.3. The van der Waals surface area contributed by atoms with Gasteiger partial charge in [0, 0.05) is 13.1 Å². The highest BCUT2D eigenvalue weighted by atomic mass is 19.4. The van der Waals surface area contributed by atoms with Crippen molar-refractivity contribution in [3.63, 3.8) is 0 Å². The molecular formula is C12H22F3NO. The highest BCUT2D eigenvalue weighted by molar-refractivity contribution is 4.85. The largest absolute Gasteiger partial charge is 0.393 e. The molecule has 0 radical (unpaired) electrons. The highest BCUT2D eigenvalue weighted by Crippen LogP contribution is 2.33. The van der Waals surface area contributed by atoms with Crippen LogP contribution in [0.1, 0.15) is 33.6 Å². The van der Waals surface area contributed by atoms with Crippen molar-refractivity contribution >= 4 is 0 Å². The van der Waals surface area contributed by atoms with Crippen LogP contribution in [0.4, 0.5) is 13.2 Å². The first-order valence-corrected chi connectivity index (χ1v) is 6.14. The minimum Gasteiger partial charge on any atom is -0.389 e. The molecule has 2 unspecified atom stereocenters. The Bertz CT molecular complexity index is 251. The molecule has 1 fully saturated rings. The summed E-state index contributed by atoms with van der Waals surface area (Å²) in [5.41, 5.74) is -0.923. The van der Waals surface area contributed by atoms with Gasteiger partial charge in [-0.15, -0.1) is 0 Å². The Balaban J connectivity index is 2.56. The summed E-state index contributed by atoms with van der Waals surface area (Å²) in [7, 11) is 0. The number of nitrogens with zero attached hydrogens (tertiary/aromatic N) is 1. The molecule has 17 heavy (non-hydrogen) atoms. The molecule has 0 aromatic heterocycles. The molecule has 0 saturated carbocycles. The first kappa shape index (κ1) is 14.8. The number of hydrogen-bond acceptors (Lipinski definition) is 2. The average Bonchev–Trinajstić information content (AvgIpc) is 2.15. The lowest BCUT2D eigenvalue weighted by molar-refractivity contribution is -0.189. The van der Waals surface area contributed by atoms with Crippen LogP contribution in [0.5, 0.6) is 0 Å². The number of alkyl halides is 3. The van der Waals surface area contributed by atoms with E-state index >= 15 is 0 Å². The van der Waals surface area contributed by atoms with Crippen LogP contribution in [0.25, 0.3) is 0 Å². The summed E-state index contributed by atoms with van der Waals surface area (Å²) in [6, 6.07) is 0. The van der Waals surface area contributed by atoms with Gasteiger partial charge in [-0.2, -0.15) is 13.2 Å². The van der Waals surface area contributed by atoms with Crippen molar-refractivity contribution in [1.82, 2.24) is 4.90 Å². The molecule has 5 heteroatoms. The molecule has 102 valence electrons. The smallest absolute Gasteiger partial charge is 0.389 e. The molecule has 0 spiro atoms. The first-order chi connectivity index (χ1) is 7.63. The van der Waals surface area contributed by atoms with Crippen molar-refractivity contribution in [2.75, 3.05) is 19.6 Å². The van der Waals surface area contributed by atoms with E-state index in [0.717, 1.165) is 0 Å². The summed E-state index contributed by atoms with van der Waals surface area (Å²) in [6.45, 7) is 6.43. The average molecular weight is 253 g/mol. The van der Waals surface area contributed by atoms with Crippen molar-refractivity contribution in [1.29, 1.82) is 0 Å². The van der Waals surface area contributed by atoms with Gasteiger partial charge in [0.25, 0.3) is 0 Å². The van der Waals surface area contributed by atoms with Gasteiger partial charge in [-0.3, -0.25) is 4.90 Å². The van der Waals surface area contributed by atoms with Crippen LogP contribution in [0, 0.1) is 11.8 Å². The molecular weight excluding hydrogens is 231 g/mol. The second-order valence-electron chi connectivity index (χ2n) is 5.63. The van der Waals surface area contributed by atoms with Gasteiger partial charge in [-0.1, -0.05) is 13.8 Å². The minimum absolute atomic E-state index is 0.0202. The number of piperidine rings is 1. The zero-order valence-electron chi connectivity index (χ0n) is 10.7. The Labute approximate surface area is 101 Å². The van der Waals surface area contributed by atoms with Crippen LogP contribution in [-0.4, -0.2) is 41.4 Å². The minimum atomic E-state index is -4.11. The molecule has 1 aliphatic rings. The molecule has 0 bridgehead atoms. The van der Waals surface area contributed by atoms with Crippen LogP contribution < -0.4 is 0 Å². The maximum atomic E-state index is 12.6. The molecule has 1 N–H and O–H groups in total. The third kappa shape index (κ3) is 4.14. The Hall–Kier alpha value is -0.290. The lowest BCUT2D eigenvalue weighted by atomic mass is 9.90.